The van der Waals surface area contributed by atoms with Crippen LogP contribution in [0.3, 0.4) is 0 Å². The summed E-state index contributed by atoms with van der Waals surface area (Å²) >= 11 is 0. The molecule has 2 aliphatic carbocycles. The van der Waals surface area contributed by atoms with Crippen LogP contribution in [-0.2, 0) is 4.79 Å². The van der Waals surface area contributed by atoms with Crippen molar-refractivity contribution >= 4 is 11.8 Å². The number of nitrogens with zero attached hydrogens (tertiary/aromatic N) is 1. The summed E-state index contributed by atoms with van der Waals surface area (Å²) in [4.78, 5) is 26.8. The molecule has 3 fully saturated rings. The Morgan fingerprint density at radius 3 is 2.25 bits per heavy atom. The maximum Gasteiger partial charge on any atom is 0.251 e. The summed E-state index contributed by atoms with van der Waals surface area (Å²) in [6.45, 7) is 2.41. The van der Waals surface area contributed by atoms with Crippen LogP contribution in [0.2, 0.25) is 0 Å². The highest BCUT2D eigenvalue weighted by Gasteiger charge is 2.29. The zero-order valence-corrected chi connectivity index (χ0v) is 16.7. The summed E-state index contributed by atoms with van der Waals surface area (Å²) in [6.07, 6.45) is 10.1. The van der Waals surface area contributed by atoms with Crippen molar-refractivity contribution in [1.29, 1.82) is 0 Å². The zero-order chi connectivity index (χ0) is 19.3. The molecule has 0 bridgehead atoms. The monoisotopic (exact) mass is 384 g/mol. The number of carbonyl (C=O) groups excluding carboxylic acids is 2. The van der Waals surface area contributed by atoms with E-state index >= 15 is 0 Å². The van der Waals surface area contributed by atoms with E-state index in [1.807, 2.05) is 24.3 Å². The molecule has 1 aliphatic heterocycles. The van der Waals surface area contributed by atoms with Crippen molar-refractivity contribution in [3.05, 3.63) is 29.8 Å². The number of ether oxygens (including phenoxy) is 1. The van der Waals surface area contributed by atoms with Crippen molar-refractivity contribution in [2.45, 2.75) is 63.8 Å². The number of piperidine rings is 1. The largest absolute Gasteiger partial charge is 0.493 e. The number of benzene rings is 1. The van der Waals surface area contributed by atoms with E-state index in [0.717, 1.165) is 57.4 Å². The molecule has 0 spiro atoms. The second-order valence-electron chi connectivity index (χ2n) is 8.69. The van der Waals surface area contributed by atoms with Gasteiger partial charge in [0, 0.05) is 30.6 Å². The Bertz CT molecular complexity index is 670. The fourth-order valence-corrected chi connectivity index (χ4v) is 4.34. The van der Waals surface area contributed by atoms with Gasteiger partial charge in [-0.1, -0.05) is 19.3 Å². The van der Waals surface area contributed by atoms with Crippen molar-refractivity contribution in [2.24, 2.45) is 11.8 Å². The van der Waals surface area contributed by atoms with Crippen LogP contribution in [0.1, 0.15) is 68.1 Å². The third-order valence-electron chi connectivity index (χ3n) is 6.40. The lowest BCUT2D eigenvalue weighted by atomic mass is 9.87. The van der Waals surface area contributed by atoms with Gasteiger partial charge in [-0.05, 0) is 68.7 Å². The number of amides is 2. The highest BCUT2D eigenvalue weighted by Crippen LogP contribution is 2.28. The maximum absolute atomic E-state index is 12.7. The van der Waals surface area contributed by atoms with Gasteiger partial charge in [-0.25, -0.2) is 0 Å². The van der Waals surface area contributed by atoms with E-state index in [2.05, 4.69) is 10.2 Å². The van der Waals surface area contributed by atoms with Gasteiger partial charge >= 0.3 is 0 Å². The van der Waals surface area contributed by atoms with Gasteiger partial charge in [0.1, 0.15) is 5.75 Å². The minimum Gasteiger partial charge on any atom is -0.493 e. The van der Waals surface area contributed by atoms with Crippen molar-refractivity contribution in [2.75, 3.05) is 19.7 Å². The number of likely N-dealkylation sites (tertiary alicyclic amines) is 1. The normalized spacial score (nSPS) is 21.4. The molecule has 1 aromatic rings. The number of carbonyl (C=O) groups is 2. The number of rotatable bonds is 6. The molecule has 5 nitrogen and oxygen atoms in total. The number of hydrogen-bond donors (Lipinski definition) is 1. The maximum atomic E-state index is 12.7. The topological polar surface area (TPSA) is 58.6 Å². The third-order valence-corrected chi connectivity index (χ3v) is 6.40. The first-order valence-corrected chi connectivity index (χ1v) is 11.0. The molecule has 3 aliphatic rings. The predicted octanol–water partition coefficient (Wildman–Crippen LogP) is 3.78. The van der Waals surface area contributed by atoms with Crippen LogP contribution in [0, 0.1) is 11.8 Å². The Morgan fingerprint density at radius 1 is 0.929 bits per heavy atom. The first kappa shape index (κ1) is 19.3. The van der Waals surface area contributed by atoms with Crippen LogP contribution >= 0.6 is 0 Å². The smallest absolute Gasteiger partial charge is 0.251 e. The summed E-state index contributed by atoms with van der Waals surface area (Å²) in [5.74, 6) is 1.97. The second kappa shape index (κ2) is 8.97. The molecule has 28 heavy (non-hydrogen) atoms. The van der Waals surface area contributed by atoms with Crippen LogP contribution < -0.4 is 10.1 Å². The summed E-state index contributed by atoms with van der Waals surface area (Å²) in [5.41, 5.74) is 0.689. The van der Waals surface area contributed by atoms with Crippen LogP contribution in [0.15, 0.2) is 24.3 Å². The number of nitrogens with one attached hydrogen (secondary N) is 1. The van der Waals surface area contributed by atoms with E-state index < -0.39 is 0 Å². The molecule has 2 saturated carbocycles. The minimum atomic E-state index is 0.00375. The Labute approximate surface area is 167 Å². The quantitative estimate of drug-likeness (QED) is 0.812. The van der Waals surface area contributed by atoms with E-state index in [1.54, 1.807) is 0 Å². The average molecular weight is 385 g/mol. The lowest BCUT2D eigenvalue weighted by Gasteiger charge is -2.35. The van der Waals surface area contributed by atoms with Gasteiger partial charge in [0.05, 0.1) is 6.61 Å². The number of hydrogen-bond acceptors (Lipinski definition) is 3. The lowest BCUT2D eigenvalue weighted by Crippen LogP contribution is -2.43. The Balaban J connectivity index is 1.18. The molecule has 5 heteroatoms. The summed E-state index contributed by atoms with van der Waals surface area (Å²) in [5, 5.41) is 3.00. The average Bonchev–Trinajstić information content (AvgIpc) is 3.57. The van der Waals surface area contributed by atoms with E-state index in [0.29, 0.717) is 30.0 Å². The summed E-state index contributed by atoms with van der Waals surface area (Å²) < 4.78 is 5.95. The SMILES string of the molecule is O=C(NC1CC1)c1ccc(OCC2CCN(C(=O)C3CCCCC3)CC2)cc1. The molecule has 2 amide bonds. The third kappa shape index (κ3) is 5.06. The highest BCUT2D eigenvalue weighted by atomic mass is 16.5. The molecule has 0 atom stereocenters. The van der Waals surface area contributed by atoms with Gasteiger partial charge in [-0.15, -0.1) is 0 Å². The Hall–Kier alpha value is -2.04. The summed E-state index contributed by atoms with van der Waals surface area (Å²) in [6, 6.07) is 7.80. The molecule has 1 saturated heterocycles. The van der Waals surface area contributed by atoms with Crippen LogP contribution in [0.25, 0.3) is 0 Å². The Morgan fingerprint density at radius 2 is 1.61 bits per heavy atom. The van der Waals surface area contributed by atoms with Crippen LogP contribution in [-0.4, -0.2) is 42.5 Å². The molecule has 0 unspecified atom stereocenters. The van der Waals surface area contributed by atoms with Crippen molar-refractivity contribution in [3.63, 3.8) is 0 Å². The van der Waals surface area contributed by atoms with Gasteiger partial charge in [0.15, 0.2) is 0 Å². The molecule has 1 heterocycles. The van der Waals surface area contributed by atoms with E-state index in [1.165, 1.54) is 19.3 Å². The van der Waals surface area contributed by atoms with Crippen molar-refractivity contribution in [3.8, 4) is 5.75 Å². The standard InChI is InChI=1S/C23H32N2O3/c26-22(24-20-8-9-20)18-6-10-21(11-7-18)28-16-17-12-14-25(15-13-17)23(27)19-4-2-1-3-5-19/h6-7,10-11,17,19-20H,1-5,8-9,12-16H2,(H,24,26). The van der Waals surface area contributed by atoms with E-state index in [4.69, 9.17) is 4.74 Å². The predicted molar refractivity (Wildman–Crippen MR) is 108 cm³/mol. The summed E-state index contributed by atoms with van der Waals surface area (Å²) in [7, 11) is 0. The van der Waals surface area contributed by atoms with Gasteiger partial charge in [0.2, 0.25) is 5.91 Å². The zero-order valence-electron chi connectivity index (χ0n) is 16.7. The highest BCUT2D eigenvalue weighted by molar-refractivity contribution is 5.94. The van der Waals surface area contributed by atoms with Gasteiger partial charge < -0.3 is 15.0 Å². The molecule has 0 radical (unpaired) electrons. The van der Waals surface area contributed by atoms with Crippen LogP contribution in [0.5, 0.6) is 5.75 Å². The van der Waals surface area contributed by atoms with Gasteiger partial charge in [-0.3, -0.25) is 9.59 Å². The van der Waals surface area contributed by atoms with Crippen molar-refractivity contribution < 1.29 is 14.3 Å². The molecular formula is C23H32N2O3. The molecule has 152 valence electrons. The van der Waals surface area contributed by atoms with Gasteiger partial charge in [0.25, 0.3) is 5.91 Å². The second-order valence-corrected chi connectivity index (χ2v) is 8.69. The first-order valence-electron chi connectivity index (χ1n) is 11.0. The molecule has 1 N–H and O–H groups in total. The fourth-order valence-electron chi connectivity index (χ4n) is 4.34. The molecule has 0 aromatic heterocycles. The molecule has 1 aromatic carbocycles. The van der Waals surface area contributed by atoms with E-state index in [-0.39, 0.29) is 11.8 Å². The minimum absolute atomic E-state index is 0.00375. The van der Waals surface area contributed by atoms with Crippen LogP contribution in [0.4, 0.5) is 0 Å². The molecular weight excluding hydrogens is 352 g/mol. The molecule has 4 rings (SSSR count). The Kier molecular flexibility index (Phi) is 6.18. The van der Waals surface area contributed by atoms with Gasteiger partial charge in [-0.2, -0.15) is 0 Å². The van der Waals surface area contributed by atoms with Crippen molar-refractivity contribution in [1.82, 2.24) is 10.2 Å². The first-order chi connectivity index (χ1) is 13.7. The lowest BCUT2D eigenvalue weighted by molar-refractivity contribution is -0.138. The van der Waals surface area contributed by atoms with E-state index in [9.17, 15) is 9.59 Å². The fraction of sp³-hybridized carbons (Fsp3) is 0.652.